The van der Waals surface area contributed by atoms with E-state index in [4.69, 9.17) is 14.9 Å². The molecule has 174 valence electrons. The fraction of sp³-hybridized carbons (Fsp3) is 0.250. The summed E-state index contributed by atoms with van der Waals surface area (Å²) in [6, 6.07) is 16.2. The van der Waals surface area contributed by atoms with Crippen molar-refractivity contribution in [1.82, 2.24) is 9.97 Å². The zero-order valence-corrected chi connectivity index (χ0v) is 18.4. The third-order valence-electron chi connectivity index (χ3n) is 5.50. The third kappa shape index (κ3) is 5.54. The number of hydrogen-bond donors (Lipinski definition) is 3. The first-order valence-corrected chi connectivity index (χ1v) is 10.5. The topological polar surface area (TPSA) is 79.1 Å². The number of benzene rings is 2. The molecule has 0 saturated heterocycles. The Balaban J connectivity index is 0.00000149. The van der Waals surface area contributed by atoms with Crippen molar-refractivity contribution in [2.75, 3.05) is 34.9 Å². The molecule has 0 radical (unpaired) electrons. The highest BCUT2D eigenvalue weighted by atomic mass is 20.0. The van der Waals surface area contributed by atoms with E-state index in [0.717, 1.165) is 24.1 Å². The first-order chi connectivity index (χ1) is 16.1. The largest absolute Gasteiger partial charge is 0.372 e. The maximum absolute atomic E-state index is 13.1. The number of halogens is 3. The normalized spacial score (nSPS) is 14.5. The lowest BCUT2D eigenvalue weighted by Gasteiger charge is -2.37. The molecular formula is C24H27F3N6. The molecule has 1 aliphatic heterocycles. The number of anilines is 4. The average Bonchev–Trinajstić information content (AvgIpc) is 2.85. The molecule has 33 heavy (non-hydrogen) atoms. The number of nitrogens with zero attached hydrogens (tertiary/aromatic N) is 3. The molecule has 0 amide bonds. The van der Waals surface area contributed by atoms with Crippen LogP contribution in [-0.2, 0) is 19.6 Å². The van der Waals surface area contributed by atoms with Crippen molar-refractivity contribution >= 4 is 29.3 Å². The van der Waals surface area contributed by atoms with Gasteiger partial charge in [0.15, 0.2) is 0 Å². The highest BCUT2D eigenvalue weighted by molar-refractivity contribution is 5.74. The van der Waals surface area contributed by atoms with Gasteiger partial charge >= 0.3 is 0 Å². The fourth-order valence-electron chi connectivity index (χ4n) is 4.14. The van der Waals surface area contributed by atoms with Crippen LogP contribution in [0.2, 0.25) is 0 Å². The SMILES string of the molecule is C=Cc1c(NC)nc(N)nc1NC1Cc2ccccc2N(Cc2cccc(CF)c2)C1.FF. The smallest absolute Gasteiger partial charge is 0.223 e. The molecule has 1 unspecified atom stereocenters. The van der Waals surface area contributed by atoms with E-state index in [-0.39, 0.29) is 12.0 Å². The molecule has 2 aromatic carbocycles. The molecule has 0 spiro atoms. The molecular weight excluding hydrogens is 429 g/mol. The Hall–Kier alpha value is -3.75. The zero-order chi connectivity index (χ0) is 23.8. The Morgan fingerprint density at radius 3 is 2.58 bits per heavy atom. The molecule has 9 heteroatoms. The van der Waals surface area contributed by atoms with Crippen molar-refractivity contribution in [2.24, 2.45) is 0 Å². The Morgan fingerprint density at radius 2 is 1.85 bits per heavy atom. The standard InChI is InChI=1S/C24H27FN6.F2/c1-3-20-22(27-2)29-24(26)30-23(20)28-19-12-18-9-4-5-10-21(18)31(15-19)14-17-8-6-7-16(11-17)13-25;1-2/h3-11,19H,1,12-15H2,2H3,(H4,26,27,28,29,30);. The second-order valence-corrected chi connectivity index (χ2v) is 7.66. The molecule has 4 rings (SSSR count). The van der Waals surface area contributed by atoms with Gasteiger partial charge in [0.1, 0.15) is 18.3 Å². The lowest BCUT2D eigenvalue weighted by molar-refractivity contribution is 0.108. The zero-order valence-electron chi connectivity index (χ0n) is 18.4. The fourth-order valence-corrected chi connectivity index (χ4v) is 4.14. The summed E-state index contributed by atoms with van der Waals surface area (Å²) in [6.07, 6.45) is 2.58. The molecule has 1 aliphatic rings. The van der Waals surface area contributed by atoms with Gasteiger partial charge in [-0.05, 0) is 29.2 Å². The first kappa shape index (κ1) is 23.9. The van der Waals surface area contributed by atoms with Crippen molar-refractivity contribution < 1.29 is 13.5 Å². The number of hydrogen-bond acceptors (Lipinski definition) is 6. The second-order valence-electron chi connectivity index (χ2n) is 7.66. The van der Waals surface area contributed by atoms with Crippen LogP contribution in [0.4, 0.5) is 36.8 Å². The summed E-state index contributed by atoms with van der Waals surface area (Å²) in [5.41, 5.74) is 10.9. The summed E-state index contributed by atoms with van der Waals surface area (Å²) in [7, 11) is 1.79. The third-order valence-corrected chi connectivity index (χ3v) is 5.50. The molecule has 2 heterocycles. The summed E-state index contributed by atoms with van der Waals surface area (Å²) in [6.45, 7) is 4.92. The second kappa shape index (κ2) is 11.2. The van der Waals surface area contributed by atoms with E-state index in [0.29, 0.717) is 23.7 Å². The maximum atomic E-state index is 13.1. The number of nitrogens with two attached hydrogens (primary N) is 1. The lowest BCUT2D eigenvalue weighted by atomic mass is 9.97. The molecule has 3 aromatic rings. The quantitative estimate of drug-likeness (QED) is 0.459. The van der Waals surface area contributed by atoms with Gasteiger partial charge in [-0.1, -0.05) is 55.1 Å². The van der Waals surface area contributed by atoms with Crippen LogP contribution in [0.25, 0.3) is 6.08 Å². The molecule has 6 nitrogen and oxygen atoms in total. The van der Waals surface area contributed by atoms with Crippen LogP contribution >= 0.6 is 0 Å². The van der Waals surface area contributed by atoms with Gasteiger partial charge in [-0.3, -0.25) is 0 Å². The van der Waals surface area contributed by atoms with Gasteiger partial charge in [0.25, 0.3) is 0 Å². The molecule has 0 bridgehead atoms. The van der Waals surface area contributed by atoms with E-state index >= 15 is 0 Å². The monoisotopic (exact) mass is 456 g/mol. The van der Waals surface area contributed by atoms with E-state index < -0.39 is 6.67 Å². The van der Waals surface area contributed by atoms with Crippen LogP contribution in [-0.4, -0.2) is 29.6 Å². The molecule has 1 atom stereocenters. The Bertz CT molecular complexity index is 1090. The summed E-state index contributed by atoms with van der Waals surface area (Å²) in [4.78, 5) is 11.0. The van der Waals surface area contributed by atoms with Crippen LogP contribution in [0, 0.1) is 0 Å². The summed E-state index contributed by atoms with van der Waals surface area (Å²) in [5.74, 6) is 1.50. The predicted molar refractivity (Wildman–Crippen MR) is 128 cm³/mol. The predicted octanol–water partition coefficient (Wildman–Crippen LogP) is 5.10. The van der Waals surface area contributed by atoms with E-state index in [1.165, 1.54) is 11.3 Å². The van der Waals surface area contributed by atoms with Gasteiger partial charge in [-0.2, -0.15) is 9.97 Å². The van der Waals surface area contributed by atoms with E-state index in [2.05, 4.69) is 56.3 Å². The maximum Gasteiger partial charge on any atom is 0.223 e. The minimum atomic E-state index is -0.456. The van der Waals surface area contributed by atoms with Crippen molar-refractivity contribution in [3.05, 3.63) is 77.4 Å². The first-order valence-electron chi connectivity index (χ1n) is 10.5. The molecule has 0 aliphatic carbocycles. The Kier molecular flexibility index (Phi) is 8.12. The number of fused-ring (bicyclic) bond motifs is 1. The van der Waals surface area contributed by atoms with Crippen molar-refractivity contribution in [3.8, 4) is 0 Å². The van der Waals surface area contributed by atoms with Crippen molar-refractivity contribution in [3.63, 3.8) is 0 Å². The molecule has 0 saturated carbocycles. The number of para-hydroxylation sites is 1. The van der Waals surface area contributed by atoms with Gasteiger partial charge in [-0.15, -0.1) is 0 Å². The summed E-state index contributed by atoms with van der Waals surface area (Å²) >= 11 is 0. The van der Waals surface area contributed by atoms with Gasteiger partial charge in [-0.25, -0.2) is 4.39 Å². The molecule has 1 aromatic heterocycles. The number of alkyl halides is 1. The summed E-state index contributed by atoms with van der Waals surface area (Å²) in [5, 5.41) is 6.60. The lowest BCUT2D eigenvalue weighted by Crippen LogP contribution is -2.42. The van der Waals surface area contributed by atoms with Crippen molar-refractivity contribution in [1.29, 1.82) is 0 Å². The number of nitrogen functional groups attached to an aromatic ring is 1. The van der Waals surface area contributed by atoms with E-state index in [9.17, 15) is 4.39 Å². The van der Waals surface area contributed by atoms with Gasteiger partial charge in [0, 0.05) is 41.0 Å². The highest BCUT2D eigenvalue weighted by Gasteiger charge is 2.25. The van der Waals surface area contributed by atoms with Crippen LogP contribution in [0.1, 0.15) is 22.3 Å². The Morgan fingerprint density at radius 1 is 1.12 bits per heavy atom. The molecule has 4 N–H and O–H groups in total. The van der Waals surface area contributed by atoms with Gasteiger partial charge < -0.3 is 21.3 Å². The van der Waals surface area contributed by atoms with Crippen LogP contribution < -0.4 is 21.3 Å². The van der Waals surface area contributed by atoms with Crippen LogP contribution in [0.15, 0.2) is 55.1 Å². The van der Waals surface area contributed by atoms with Gasteiger partial charge in [0.2, 0.25) is 5.95 Å². The van der Waals surface area contributed by atoms with Crippen LogP contribution in [0.5, 0.6) is 0 Å². The number of rotatable bonds is 7. The minimum Gasteiger partial charge on any atom is -0.372 e. The molecule has 0 fully saturated rings. The average molecular weight is 457 g/mol. The van der Waals surface area contributed by atoms with Crippen molar-refractivity contribution in [2.45, 2.75) is 25.7 Å². The minimum absolute atomic E-state index is 0.108. The van der Waals surface area contributed by atoms with E-state index in [1.54, 1.807) is 13.1 Å². The summed E-state index contributed by atoms with van der Waals surface area (Å²) < 4.78 is 29.1. The van der Waals surface area contributed by atoms with Gasteiger partial charge in [0.05, 0.1) is 5.56 Å². The highest BCUT2D eigenvalue weighted by Crippen LogP contribution is 2.31. The number of nitrogens with one attached hydrogen (secondary N) is 2. The van der Waals surface area contributed by atoms with Crippen LogP contribution in [0.3, 0.4) is 0 Å². The number of aromatic nitrogens is 2. The van der Waals surface area contributed by atoms with E-state index in [1.807, 2.05) is 24.3 Å². The Labute approximate surface area is 191 Å².